The molecule has 0 aliphatic rings. The van der Waals surface area contributed by atoms with E-state index in [2.05, 4.69) is 10.6 Å². The van der Waals surface area contributed by atoms with Gasteiger partial charge in [-0.05, 0) is 35.5 Å². The molecular formula is C17H15ClN2OS. The van der Waals surface area contributed by atoms with E-state index in [1.165, 1.54) is 6.08 Å². The third-order valence-electron chi connectivity index (χ3n) is 2.86. The monoisotopic (exact) mass is 330 g/mol. The average Bonchev–Trinajstić information content (AvgIpc) is 2.53. The van der Waals surface area contributed by atoms with E-state index >= 15 is 0 Å². The van der Waals surface area contributed by atoms with E-state index in [-0.39, 0.29) is 11.0 Å². The fraction of sp³-hybridized carbons (Fsp3) is 0.0588. The second kappa shape index (κ2) is 8.32. The van der Waals surface area contributed by atoms with Gasteiger partial charge in [-0.3, -0.25) is 10.1 Å². The summed E-state index contributed by atoms with van der Waals surface area (Å²) in [6.07, 6.45) is 3.17. The Labute approximate surface area is 140 Å². The van der Waals surface area contributed by atoms with Gasteiger partial charge in [0.15, 0.2) is 5.11 Å². The van der Waals surface area contributed by atoms with Crippen LogP contribution in [0.2, 0.25) is 5.02 Å². The Hall–Kier alpha value is -2.17. The second-order valence-corrected chi connectivity index (χ2v) is 5.32. The van der Waals surface area contributed by atoms with Crippen molar-refractivity contribution in [1.29, 1.82) is 0 Å². The maximum absolute atomic E-state index is 11.8. The zero-order valence-corrected chi connectivity index (χ0v) is 13.3. The highest BCUT2D eigenvalue weighted by atomic mass is 35.5. The van der Waals surface area contributed by atoms with Gasteiger partial charge in [-0.1, -0.05) is 60.1 Å². The lowest BCUT2D eigenvalue weighted by molar-refractivity contribution is -0.115. The molecule has 0 saturated carbocycles. The summed E-state index contributed by atoms with van der Waals surface area (Å²) in [5, 5.41) is 6.47. The van der Waals surface area contributed by atoms with Crippen molar-refractivity contribution in [3.05, 3.63) is 76.8 Å². The zero-order valence-electron chi connectivity index (χ0n) is 11.8. The largest absolute Gasteiger partial charge is 0.358 e. The first-order valence-corrected chi connectivity index (χ1v) is 7.49. The Balaban J connectivity index is 1.81. The Kier molecular flexibility index (Phi) is 6.13. The SMILES string of the molecule is O=C(/C=C/c1ccccc1)NC(=S)NCc1ccccc1Cl. The predicted molar refractivity (Wildman–Crippen MR) is 94.5 cm³/mol. The Morgan fingerprint density at radius 1 is 1.09 bits per heavy atom. The topological polar surface area (TPSA) is 41.1 Å². The number of benzene rings is 2. The number of rotatable bonds is 4. The molecule has 0 fully saturated rings. The van der Waals surface area contributed by atoms with Gasteiger partial charge < -0.3 is 5.32 Å². The maximum Gasteiger partial charge on any atom is 0.250 e. The third kappa shape index (κ3) is 5.31. The number of carbonyl (C=O) groups excluding carboxylic acids is 1. The second-order valence-electron chi connectivity index (χ2n) is 4.51. The minimum absolute atomic E-state index is 0.266. The van der Waals surface area contributed by atoms with Crippen molar-refractivity contribution >= 4 is 40.9 Å². The standard InChI is InChI=1S/C17H15ClN2OS/c18-15-9-5-4-8-14(15)12-19-17(22)20-16(21)11-10-13-6-2-1-3-7-13/h1-11H,12H2,(H2,19,20,21,22)/b11-10+. The molecule has 2 rings (SSSR count). The van der Waals surface area contributed by atoms with E-state index in [0.29, 0.717) is 11.6 Å². The lowest BCUT2D eigenvalue weighted by atomic mass is 10.2. The van der Waals surface area contributed by atoms with Crippen molar-refractivity contribution < 1.29 is 4.79 Å². The highest BCUT2D eigenvalue weighted by molar-refractivity contribution is 7.80. The van der Waals surface area contributed by atoms with Gasteiger partial charge in [-0.25, -0.2) is 0 Å². The normalized spacial score (nSPS) is 10.4. The average molecular weight is 331 g/mol. The molecule has 0 atom stereocenters. The van der Waals surface area contributed by atoms with Crippen molar-refractivity contribution in [3.63, 3.8) is 0 Å². The number of amides is 1. The van der Waals surface area contributed by atoms with Crippen LogP contribution in [-0.4, -0.2) is 11.0 Å². The number of hydrogen-bond acceptors (Lipinski definition) is 2. The molecular weight excluding hydrogens is 316 g/mol. The Morgan fingerprint density at radius 2 is 1.77 bits per heavy atom. The molecule has 2 aromatic carbocycles. The van der Waals surface area contributed by atoms with Crippen LogP contribution in [-0.2, 0) is 11.3 Å². The number of thiocarbonyl (C=S) groups is 1. The quantitative estimate of drug-likeness (QED) is 0.665. The van der Waals surface area contributed by atoms with Gasteiger partial charge in [-0.15, -0.1) is 0 Å². The van der Waals surface area contributed by atoms with Crippen molar-refractivity contribution in [2.75, 3.05) is 0 Å². The first-order valence-electron chi connectivity index (χ1n) is 6.70. The molecule has 0 spiro atoms. The molecule has 0 bridgehead atoms. The number of hydrogen-bond donors (Lipinski definition) is 2. The van der Waals surface area contributed by atoms with Crippen LogP contribution >= 0.6 is 23.8 Å². The minimum atomic E-state index is -0.277. The lowest BCUT2D eigenvalue weighted by Gasteiger charge is -2.09. The van der Waals surface area contributed by atoms with E-state index in [9.17, 15) is 4.79 Å². The van der Waals surface area contributed by atoms with Gasteiger partial charge in [0.1, 0.15) is 0 Å². The van der Waals surface area contributed by atoms with Crippen LogP contribution in [0.3, 0.4) is 0 Å². The molecule has 0 radical (unpaired) electrons. The van der Waals surface area contributed by atoms with Crippen LogP contribution in [0.4, 0.5) is 0 Å². The molecule has 2 aromatic rings. The molecule has 1 amide bonds. The predicted octanol–water partition coefficient (Wildman–Crippen LogP) is 3.54. The summed E-state index contributed by atoms with van der Waals surface area (Å²) in [5.41, 5.74) is 1.87. The van der Waals surface area contributed by atoms with Crippen LogP contribution < -0.4 is 10.6 Å². The number of halogens is 1. The van der Waals surface area contributed by atoms with Gasteiger partial charge in [0.2, 0.25) is 5.91 Å². The van der Waals surface area contributed by atoms with E-state index in [1.54, 1.807) is 6.08 Å². The van der Waals surface area contributed by atoms with E-state index < -0.39 is 0 Å². The highest BCUT2D eigenvalue weighted by Gasteiger charge is 2.02. The van der Waals surface area contributed by atoms with Gasteiger partial charge in [0.05, 0.1) is 0 Å². The minimum Gasteiger partial charge on any atom is -0.358 e. The van der Waals surface area contributed by atoms with Crippen molar-refractivity contribution in [1.82, 2.24) is 10.6 Å². The maximum atomic E-state index is 11.8. The molecule has 0 heterocycles. The van der Waals surface area contributed by atoms with Crippen molar-refractivity contribution in [3.8, 4) is 0 Å². The van der Waals surface area contributed by atoms with Gasteiger partial charge in [0.25, 0.3) is 0 Å². The van der Waals surface area contributed by atoms with E-state index in [0.717, 1.165) is 11.1 Å². The number of carbonyl (C=O) groups is 1. The van der Waals surface area contributed by atoms with Gasteiger partial charge >= 0.3 is 0 Å². The van der Waals surface area contributed by atoms with E-state index in [1.807, 2.05) is 54.6 Å². The first-order chi connectivity index (χ1) is 10.6. The highest BCUT2D eigenvalue weighted by Crippen LogP contribution is 2.14. The summed E-state index contributed by atoms with van der Waals surface area (Å²) >= 11 is 11.1. The summed E-state index contributed by atoms with van der Waals surface area (Å²) in [6.45, 7) is 0.460. The van der Waals surface area contributed by atoms with Crippen LogP contribution in [0.15, 0.2) is 60.7 Å². The van der Waals surface area contributed by atoms with Crippen LogP contribution in [0.25, 0.3) is 6.08 Å². The molecule has 112 valence electrons. The third-order valence-corrected chi connectivity index (χ3v) is 3.48. The molecule has 0 aliphatic heterocycles. The molecule has 0 unspecified atom stereocenters. The summed E-state index contributed by atoms with van der Waals surface area (Å²) < 4.78 is 0. The summed E-state index contributed by atoms with van der Waals surface area (Å²) in [7, 11) is 0. The lowest BCUT2D eigenvalue weighted by Crippen LogP contribution is -2.38. The molecule has 3 nitrogen and oxygen atoms in total. The molecule has 0 saturated heterocycles. The first kappa shape index (κ1) is 16.2. The van der Waals surface area contributed by atoms with Gasteiger partial charge in [0, 0.05) is 17.6 Å². The fourth-order valence-corrected chi connectivity index (χ4v) is 2.13. The van der Waals surface area contributed by atoms with Crippen molar-refractivity contribution in [2.24, 2.45) is 0 Å². The number of nitrogens with one attached hydrogen (secondary N) is 2. The van der Waals surface area contributed by atoms with Crippen LogP contribution in [0, 0.1) is 0 Å². The fourth-order valence-electron chi connectivity index (χ4n) is 1.75. The Bertz CT molecular complexity index is 686. The van der Waals surface area contributed by atoms with E-state index in [4.69, 9.17) is 23.8 Å². The smallest absolute Gasteiger partial charge is 0.250 e. The molecule has 0 aliphatic carbocycles. The molecule has 0 aromatic heterocycles. The van der Waals surface area contributed by atoms with Gasteiger partial charge in [-0.2, -0.15) is 0 Å². The summed E-state index contributed by atoms with van der Waals surface area (Å²) in [6, 6.07) is 17.0. The Morgan fingerprint density at radius 3 is 2.50 bits per heavy atom. The molecule has 5 heteroatoms. The molecule has 22 heavy (non-hydrogen) atoms. The summed E-state index contributed by atoms with van der Waals surface area (Å²) in [4.78, 5) is 11.8. The van der Waals surface area contributed by atoms with Crippen LogP contribution in [0.1, 0.15) is 11.1 Å². The molecule has 2 N–H and O–H groups in total. The van der Waals surface area contributed by atoms with Crippen LogP contribution in [0.5, 0.6) is 0 Å². The van der Waals surface area contributed by atoms with Crippen molar-refractivity contribution in [2.45, 2.75) is 6.54 Å². The summed E-state index contributed by atoms with van der Waals surface area (Å²) in [5.74, 6) is -0.277. The zero-order chi connectivity index (χ0) is 15.8.